The molecule has 0 unspecified atom stereocenters. The molecule has 29 heavy (non-hydrogen) atoms. The van der Waals surface area contributed by atoms with Crippen molar-refractivity contribution < 1.29 is 14.5 Å². The number of benzene rings is 3. The van der Waals surface area contributed by atoms with E-state index in [1.54, 1.807) is 19.2 Å². The minimum absolute atomic E-state index is 0.0132. The van der Waals surface area contributed by atoms with Gasteiger partial charge in [0.25, 0.3) is 5.69 Å². The average Bonchev–Trinajstić information content (AvgIpc) is 2.77. The van der Waals surface area contributed by atoms with Crippen LogP contribution in [-0.2, 0) is 4.79 Å². The molecule has 0 saturated heterocycles. The molecule has 3 rings (SSSR count). The maximum atomic E-state index is 12.6. The number of ether oxygens (including phenoxy) is 1. The van der Waals surface area contributed by atoms with Crippen LogP contribution < -0.4 is 15.4 Å². The first-order valence-electron chi connectivity index (χ1n) is 9.03. The first kappa shape index (κ1) is 19.9. The maximum Gasteiger partial charge on any atom is 0.271 e. The fraction of sp³-hybridized carbons (Fsp3) is 0.136. The summed E-state index contributed by atoms with van der Waals surface area (Å²) >= 11 is 0. The van der Waals surface area contributed by atoms with Gasteiger partial charge in [0, 0.05) is 17.8 Å². The van der Waals surface area contributed by atoms with E-state index in [1.807, 2.05) is 54.6 Å². The van der Waals surface area contributed by atoms with E-state index in [-0.39, 0.29) is 24.2 Å². The van der Waals surface area contributed by atoms with Gasteiger partial charge in [-0.3, -0.25) is 14.9 Å². The Morgan fingerprint density at radius 2 is 1.69 bits per heavy atom. The Hall–Kier alpha value is -3.87. The number of nitrogens with zero attached hydrogens (tertiary/aromatic N) is 1. The van der Waals surface area contributed by atoms with Crippen LogP contribution in [-0.4, -0.2) is 24.5 Å². The highest BCUT2D eigenvalue weighted by atomic mass is 16.6. The van der Waals surface area contributed by atoms with E-state index >= 15 is 0 Å². The second-order valence-electron chi connectivity index (χ2n) is 6.35. The third kappa shape index (κ3) is 5.32. The molecule has 148 valence electrons. The van der Waals surface area contributed by atoms with Crippen LogP contribution in [0.3, 0.4) is 0 Å². The summed E-state index contributed by atoms with van der Waals surface area (Å²) in [6.07, 6.45) is 0. The highest BCUT2D eigenvalue weighted by Gasteiger charge is 2.17. The number of anilines is 1. The number of nitro groups is 1. The monoisotopic (exact) mass is 391 g/mol. The van der Waals surface area contributed by atoms with Gasteiger partial charge in [0.15, 0.2) is 0 Å². The molecule has 7 nitrogen and oxygen atoms in total. The van der Waals surface area contributed by atoms with Crippen LogP contribution in [0.2, 0.25) is 0 Å². The van der Waals surface area contributed by atoms with Crippen molar-refractivity contribution in [3.05, 3.63) is 100 Å². The Morgan fingerprint density at radius 3 is 2.34 bits per heavy atom. The van der Waals surface area contributed by atoms with Gasteiger partial charge < -0.3 is 15.4 Å². The molecule has 2 N–H and O–H groups in total. The van der Waals surface area contributed by atoms with Crippen molar-refractivity contribution in [2.24, 2.45) is 0 Å². The summed E-state index contributed by atoms with van der Waals surface area (Å²) in [5.41, 5.74) is 2.34. The molecule has 0 saturated carbocycles. The van der Waals surface area contributed by atoms with Gasteiger partial charge in [0.05, 0.1) is 24.6 Å². The van der Waals surface area contributed by atoms with Crippen molar-refractivity contribution >= 4 is 17.3 Å². The van der Waals surface area contributed by atoms with Crippen LogP contribution in [0.5, 0.6) is 5.75 Å². The zero-order valence-electron chi connectivity index (χ0n) is 15.9. The largest absolute Gasteiger partial charge is 0.497 e. The Balaban J connectivity index is 1.72. The lowest BCUT2D eigenvalue weighted by Crippen LogP contribution is -2.33. The Labute approximate surface area is 168 Å². The van der Waals surface area contributed by atoms with Crippen molar-refractivity contribution in [2.45, 2.75) is 6.04 Å². The first-order valence-corrected chi connectivity index (χ1v) is 9.03. The highest BCUT2D eigenvalue weighted by Crippen LogP contribution is 2.24. The van der Waals surface area contributed by atoms with Crippen molar-refractivity contribution in [1.82, 2.24) is 5.32 Å². The summed E-state index contributed by atoms with van der Waals surface area (Å²) < 4.78 is 5.20. The van der Waals surface area contributed by atoms with Crippen molar-refractivity contribution in [3.8, 4) is 5.75 Å². The molecule has 0 heterocycles. The lowest BCUT2D eigenvalue weighted by atomic mass is 9.98. The Kier molecular flexibility index (Phi) is 6.42. The minimum Gasteiger partial charge on any atom is -0.497 e. The molecule has 1 amide bonds. The molecule has 0 spiro atoms. The van der Waals surface area contributed by atoms with Crippen molar-refractivity contribution in [1.29, 1.82) is 0 Å². The molecule has 7 heteroatoms. The van der Waals surface area contributed by atoms with Crippen LogP contribution in [0.25, 0.3) is 0 Å². The van der Waals surface area contributed by atoms with Gasteiger partial charge in [-0.25, -0.2) is 0 Å². The average molecular weight is 391 g/mol. The second-order valence-corrected chi connectivity index (χ2v) is 6.35. The zero-order chi connectivity index (χ0) is 20.6. The van der Waals surface area contributed by atoms with Gasteiger partial charge in [-0.05, 0) is 29.3 Å². The molecule has 3 aromatic rings. The molecule has 0 radical (unpaired) electrons. The molecule has 0 aliphatic heterocycles. The van der Waals surface area contributed by atoms with E-state index < -0.39 is 4.92 Å². The molecule has 1 atom stereocenters. The van der Waals surface area contributed by atoms with E-state index in [0.717, 1.165) is 16.9 Å². The fourth-order valence-electron chi connectivity index (χ4n) is 2.92. The van der Waals surface area contributed by atoms with Gasteiger partial charge in [-0.2, -0.15) is 0 Å². The molecular formula is C22H21N3O4. The second kappa shape index (κ2) is 9.36. The van der Waals surface area contributed by atoms with Gasteiger partial charge in [0.1, 0.15) is 5.75 Å². The lowest BCUT2D eigenvalue weighted by molar-refractivity contribution is -0.384. The first-order chi connectivity index (χ1) is 14.1. The molecule has 0 aliphatic rings. The van der Waals surface area contributed by atoms with E-state index in [9.17, 15) is 14.9 Å². The summed E-state index contributed by atoms with van der Waals surface area (Å²) in [5.74, 6) is 0.500. The van der Waals surface area contributed by atoms with Gasteiger partial charge in [0.2, 0.25) is 5.91 Å². The van der Waals surface area contributed by atoms with Crippen molar-refractivity contribution in [3.63, 3.8) is 0 Å². The molecule has 0 fully saturated rings. The van der Waals surface area contributed by atoms with Crippen LogP contribution in [0.4, 0.5) is 11.4 Å². The summed E-state index contributed by atoms with van der Waals surface area (Å²) in [4.78, 5) is 23.0. The van der Waals surface area contributed by atoms with Crippen LogP contribution >= 0.6 is 0 Å². The van der Waals surface area contributed by atoms with Gasteiger partial charge >= 0.3 is 0 Å². The van der Waals surface area contributed by atoms with Crippen molar-refractivity contribution in [2.75, 3.05) is 19.0 Å². The van der Waals surface area contributed by atoms with Gasteiger partial charge in [-0.1, -0.05) is 48.5 Å². The lowest BCUT2D eigenvalue weighted by Gasteiger charge is -2.20. The Morgan fingerprint density at radius 1 is 1.00 bits per heavy atom. The number of carbonyl (C=O) groups is 1. The number of hydrogen-bond donors (Lipinski definition) is 2. The maximum absolute atomic E-state index is 12.6. The predicted octanol–water partition coefficient (Wildman–Crippen LogP) is 3.92. The third-order valence-corrected chi connectivity index (χ3v) is 4.40. The number of nitro benzene ring substituents is 1. The summed E-state index contributed by atoms with van der Waals surface area (Å²) in [5, 5.41) is 16.8. The van der Waals surface area contributed by atoms with Crippen LogP contribution in [0.15, 0.2) is 78.9 Å². The SMILES string of the molecule is COc1ccc([C@@H](NC(=O)CNc2cccc([N+](=O)[O-])c2)c2ccccc2)cc1. The standard InChI is InChI=1S/C22H21N3O4/c1-29-20-12-10-17(11-13-20)22(16-6-3-2-4-7-16)24-21(26)15-23-18-8-5-9-19(14-18)25(27)28/h2-14,22-23H,15H2,1H3,(H,24,26)/t22-/m0/s1. The van der Waals surface area contributed by atoms with Gasteiger partial charge in [-0.15, -0.1) is 0 Å². The normalized spacial score (nSPS) is 11.3. The van der Waals surface area contributed by atoms with E-state index in [2.05, 4.69) is 10.6 Å². The summed E-state index contributed by atoms with van der Waals surface area (Å²) in [7, 11) is 1.60. The highest BCUT2D eigenvalue weighted by molar-refractivity contribution is 5.81. The Bertz CT molecular complexity index is 975. The van der Waals surface area contributed by atoms with E-state index in [0.29, 0.717) is 5.69 Å². The van der Waals surface area contributed by atoms with Crippen LogP contribution in [0.1, 0.15) is 17.2 Å². The molecule has 0 bridgehead atoms. The molecule has 3 aromatic carbocycles. The number of amides is 1. The number of methoxy groups -OCH3 is 1. The van der Waals surface area contributed by atoms with E-state index in [4.69, 9.17) is 4.74 Å². The smallest absolute Gasteiger partial charge is 0.271 e. The number of carbonyl (C=O) groups excluding carboxylic acids is 1. The zero-order valence-corrected chi connectivity index (χ0v) is 15.9. The fourth-order valence-corrected chi connectivity index (χ4v) is 2.92. The number of rotatable bonds is 8. The molecule has 0 aliphatic carbocycles. The van der Waals surface area contributed by atoms with E-state index in [1.165, 1.54) is 12.1 Å². The predicted molar refractivity (Wildman–Crippen MR) is 111 cm³/mol. The number of nitrogens with one attached hydrogen (secondary N) is 2. The third-order valence-electron chi connectivity index (χ3n) is 4.40. The topological polar surface area (TPSA) is 93.5 Å². The van der Waals surface area contributed by atoms with Crippen LogP contribution in [0, 0.1) is 10.1 Å². The molecule has 0 aromatic heterocycles. The number of hydrogen-bond acceptors (Lipinski definition) is 5. The molecular weight excluding hydrogens is 370 g/mol. The quantitative estimate of drug-likeness (QED) is 0.448. The summed E-state index contributed by atoms with van der Waals surface area (Å²) in [6.45, 7) is -0.0132. The minimum atomic E-state index is -0.472. The number of non-ortho nitro benzene ring substituents is 1. The summed E-state index contributed by atoms with van der Waals surface area (Å²) in [6, 6.07) is 22.9.